The number of benzene rings is 1. The van der Waals surface area contributed by atoms with Crippen LogP contribution in [0.1, 0.15) is 18.4 Å². The molecule has 0 radical (unpaired) electrons. The summed E-state index contributed by atoms with van der Waals surface area (Å²) in [5.74, 6) is -0.193. The Morgan fingerprint density at radius 2 is 2.00 bits per heavy atom. The molecule has 7 heteroatoms. The van der Waals surface area contributed by atoms with Crippen LogP contribution < -0.4 is 11.1 Å². The van der Waals surface area contributed by atoms with E-state index in [1.165, 1.54) is 7.11 Å². The Kier molecular flexibility index (Phi) is 7.79. The maximum absolute atomic E-state index is 12.3. The number of ether oxygens (including phenoxy) is 2. The van der Waals surface area contributed by atoms with Crippen LogP contribution in [0, 0.1) is 0 Å². The normalized spacial score (nSPS) is 18.1. The zero-order valence-electron chi connectivity index (χ0n) is 12.5. The highest BCUT2D eigenvalue weighted by atomic mass is 79.9. The van der Waals surface area contributed by atoms with Gasteiger partial charge in [0, 0.05) is 24.8 Å². The van der Waals surface area contributed by atoms with E-state index < -0.39 is 11.6 Å². The molecule has 1 saturated heterocycles. The smallest absolute Gasteiger partial charge is 0.240 e. The zero-order chi connectivity index (χ0) is 15.3. The highest BCUT2D eigenvalue weighted by molar-refractivity contribution is 9.10. The minimum atomic E-state index is -0.662. The fourth-order valence-corrected chi connectivity index (χ4v) is 2.82. The molecule has 0 aromatic heterocycles. The van der Waals surface area contributed by atoms with Gasteiger partial charge >= 0.3 is 0 Å². The Bertz CT molecular complexity index is 478. The Morgan fingerprint density at radius 3 is 2.55 bits per heavy atom. The number of carbonyl (C=O) groups is 1. The molecule has 1 aliphatic rings. The number of nitrogens with two attached hydrogens (primary N) is 1. The number of hydrogen-bond donors (Lipinski definition) is 2. The summed E-state index contributed by atoms with van der Waals surface area (Å²) in [6.07, 6.45) is 1.47. The van der Waals surface area contributed by atoms with Crippen molar-refractivity contribution in [3.8, 4) is 0 Å². The van der Waals surface area contributed by atoms with Crippen LogP contribution in [-0.4, -0.2) is 38.9 Å². The van der Waals surface area contributed by atoms with Crippen molar-refractivity contribution in [1.29, 1.82) is 0 Å². The number of hydrogen-bond acceptors (Lipinski definition) is 4. The minimum Gasteiger partial charge on any atom is -0.383 e. The first-order valence-electron chi connectivity index (χ1n) is 6.98. The van der Waals surface area contributed by atoms with E-state index in [9.17, 15) is 4.79 Å². The number of halogens is 2. The van der Waals surface area contributed by atoms with Crippen molar-refractivity contribution in [2.24, 2.45) is 5.73 Å². The third-order valence-corrected chi connectivity index (χ3v) is 4.32. The molecule has 0 bridgehead atoms. The van der Waals surface area contributed by atoms with E-state index in [2.05, 4.69) is 21.2 Å². The van der Waals surface area contributed by atoms with E-state index in [1.807, 2.05) is 24.3 Å². The van der Waals surface area contributed by atoms with Crippen LogP contribution >= 0.6 is 28.3 Å². The maximum Gasteiger partial charge on any atom is 0.240 e. The Morgan fingerprint density at radius 1 is 1.41 bits per heavy atom. The molecule has 1 aromatic rings. The number of rotatable bonds is 5. The van der Waals surface area contributed by atoms with E-state index in [4.69, 9.17) is 15.2 Å². The molecular formula is C15H22BrClN2O3. The van der Waals surface area contributed by atoms with Crippen molar-refractivity contribution in [2.45, 2.75) is 24.4 Å². The molecule has 1 atom stereocenters. The number of amides is 1. The van der Waals surface area contributed by atoms with Gasteiger partial charge < -0.3 is 20.5 Å². The van der Waals surface area contributed by atoms with Crippen LogP contribution in [0.15, 0.2) is 28.7 Å². The van der Waals surface area contributed by atoms with Crippen LogP contribution in [0.4, 0.5) is 0 Å². The summed E-state index contributed by atoms with van der Waals surface area (Å²) in [5.41, 5.74) is 6.49. The van der Waals surface area contributed by atoms with Gasteiger partial charge in [-0.3, -0.25) is 4.79 Å². The van der Waals surface area contributed by atoms with E-state index in [0.717, 1.165) is 22.9 Å². The molecule has 1 unspecified atom stereocenters. The quantitative estimate of drug-likeness (QED) is 0.802. The summed E-state index contributed by atoms with van der Waals surface area (Å²) in [6.45, 7) is 1.45. The molecule has 0 spiro atoms. The average molecular weight is 394 g/mol. The van der Waals surface area contributed by atoms with Crippen LogP contribution in [0.3, 0.4) is 0 Å². The molecule has 1 aromatic carbocycles. The van der Waals surface area contributed by atoms with Crippen LogP contribution in [-0.2, 0) is 19.8 Å². The lowest BCUT2D eigenvalue weighted by molar-refractivity contribution is -0.126. The number of carbonyl (C=O) groups excluding carboxylic acids is 1. The fraction of sp³-hybridized carbons (Fsp3) is 0.533. The first-order valence-corrected chi connectivity index (χ1v) is 7.77. The largest absolute Gasteiger partial charge is 0.383 e. The Hall–Kier alpha value is -0.660. The molecule has 2 rings (SSSR count). The molecule has 124 valence electrons. The minimum absolute atomic E-state index is 0. The maximum atomic E-state index is 12.3. The number of nitrogens with one attached hydrogen (secondary N) is 1. The van der Waals surface area contributed by atoms with Crippen molar-refractivity contribution in [3.05, 3.63) is 34.3 Å². The molecule has 3 N–H and O–H groups in total. The third kappa shape index (κ3) is 4.67. The molecule has 0 aliphatic carbocycles. The van der Waals surface area contributed by atoms with Crippen molar-refractivity contribution >= 4 is 34.2 Å². The average Bonchev–Trinajstić information content (AvgIpc) is 2.49. The molecule has 1 fully saturated rings. The van der Waals surface area contributed by atoms with E-state index in [0.29, 0.717) is 13.2 Å². The van der Waals surface area contributed by atoms with Gasteiger partial charge in [-0.15, -0.1) is 12.4 Å². The Balaban J connectivity index is 0.00000242. The second-order valence-electron chi connectivity index (χ2n) is 5.25. The van der Waals surface area contributed by atoms with Gasteiger partial charge in [0.15, 0.2) is 0 Å². The highest BCUT2D eigenvalue weighted by Crippen LogP contribution is 2.33. The van der Waals surface area contributed by atoms with Crippen molar-refractivity contribution in [1.82, 2.24) is 5.32 Å². The summed E-state index contributed by atoms with van der Waals surface area (Å²) in [4.78, 5) is 12.3. The summed E-state index contributed by atoms with van der Waals surface area (Å²) in [5, 5.41) is 3.11. The first-order chi connectivity index (χ1) is 10.1. The van der Waals surface area contributed by atoms with Crippen LogP contribution in [0.25, 0.3) is 0 Å². The summed E-state index contributed by atoms with van der Waals surface area (Å²) in [6, 6.07) is 7.35. The van der Waals surface area contributed by atoms with Gasteiger partial charge in [0.1, 0.15) is 6.04 Å². The second-order valence-corrected chi connectivity index (χ2v) is 6.17. The van der Waals surface area contributed by atoms with Gasteiger partial charge in [-0.2, -0.15) is 0 Å². The van der Waals surface area contributed by atoms with E-state index >= 15 is 0 Å². The van der Waals surface area contributed by atoms with Gasteiger partial charge in [-0.25, -0.2) is 0 Å². The number of methoxy groups -OCH3 is 1. The van der Waals surface area contributed by atoms with Crippen LogP contribution in [0.5, 0.6) is 0 Å². The molecular weight excluding hydrogens is 372 g/mol. The lowest BCUT2D eigenvalue weighted by Crippen LogP contribution is -2.55. The van der Waals surface area contributed by atoms with Gasteiger partial charge in [-0.05, 0) is 30.5 Å². The van der Waals surface area contributed by atoms with Gasteiger partial charge in [0.25, 0.3) is 0 Å². The molecule has 1 heterocycles. The lowest BCUT2D eigenvalue weighted by Gasteiger charge is -2.39. The van der Waals surface area contributed by atoms with Crippen LogP contribution in [0.2, 0.25) is 0 Å². The van der Waals surface area contributed by atoms with Gasteiger partial charge in [0.05, 0.1) is 12.1 Å². The van der Waals surface area contributed by atoms with E-state index in [-0.39, 0.29) is 24.9 Å². The van der Waals surface area contributed by atoms with Crippen molar-refractivity contribution in [2.75, 3.05) is 26.9 Å². The summed E-state index contributed by atoms with van der Waals surface area (Å²) < 4.78 is 11.4. The summed E-state index contributed by atoms with van der Waals surface area (Å²) in [7, 11) is 1.53. The molecule has 22 heavy (non-hydrogen) atoms. The van der Waals surface area contributed by atoms with Gasteiger partial charge in [-0.1, -0.05) is 28.1 Å². The molecule has 1 amide bonds. The van der Waals surface area contributed by atoms with Crippen molar-refractivity contribution in [3.63, 3.8) is 0 Å². The predicted octanol–water partition coefficient (Wildman–Crippen LogP) is 1.97. The Labute approximate surface area is 145 Å². The highest BCUT2D eigenvalue weighted by Gasteiger charge is 2.36. The third-order valence-electron chi connectivity index (χ3n) is 3.79. The molecule has 5 nitrogen and oxygen atoms in total. The molecule has 0 saturated carbocycles. The SMILES string of the molecule is COCC(N)C(=O)NC1(c2ccc(Br)cc2)CCOCC1.Cl. The van der Waals surface area contributed by atoms with Gasteiger partial charge in [0.2, 0.25) is 5.91 Å². The summed E-state index contributed by atoms with van der Waals surface area (Å²) >= 11 is 3.43. The molecule has 1 aliphatic heterocycles. The van der Waals surface area contributed by atoms with Crippen molar-refractivity contribution < 1.29 is 14.3 Å². The first kappa shape index (κ1) is 19.4. The second kappa shape index (κ2) is 8.84. The zero-order valence-corrected chi connectivity index (χ0v) is 14.9. The predicted molar refractivity (Wildman–Crippen MR) is 91.1 cm³/mol. The standard InChI is InChI=1S/C15H21BrN2O3.ClH/c1-20-10-13(17)14(19)18-15(6-8-21-9-7-15)11-2-4-12(16)5-3-11;/h2-5,13H,6-10,17H2,1H3,(H,18,19);1H. The van der Waals surface area contributed by atoms with E-state index in [1.54, 1.807) is 0 Å². The fourth-order valence-electron chi connectivity index (χ4n) is 2.56. The monoisotopic (exact) mass is 392 g/mol. The topological polar surface area (TPSA) is 73.6 Å². The lowest BCUT2D eigenvalue weighted by atomic mass is 9.82.